The summed E-state index contributed by atoms with van der Waals surface area (Å²) in [5.41, 5.74) is 0.882. The van der Waals surface area contributed by atoms with E-state index in [1.165, 1.54) is 11.8 Å². The van der Waals surface area contributed by atoms with E-state index in [-0.39, 0.29) is 23.7 Å². The van der Waals surface area contributed by atoms with Gasteiger partial charge in [0.25, 0.3) is 0 Å². The molecule has 6 nitrogen and oxygen atoms in total. The quantitative estimate of drug-likeness (QED) is 0.585. The molecule has 3 rings (SSSR count). The smallest absolute Gasteiger partial charge is 0.237 e. The standard InChI is InChI=1S/C24H28N4O2S/c1-5-16-27-19(4)23(30-21-14-10-7-11-15-21)25-24(26-27)31-17-22(29)28(18(2)3)20-12-8-6-9-13-20/h5-15,18-19H,1,16-17H2,2-4H3. The van der Waals surface area contributed by atoms with Gasteiger partial charge in [-0.15, -0.1) is 11.7 Å². The van der Waals surface area contributed by atoms with Crippen LogP contribution in [0.5, 0.6) is 5.75 Å². The van der Waals surface area contributed by atoms with Crippen LogP contribution in [-0.2, 0) is 4.79 Å². The normalized spacial score (nSPS) is 15.9. The largest absolute Gasteiger partial charge is 0.441 e. The van der Waals surface area contributed by atoms with Crippen LogP contribution in [-0.4, -0.2) is 46.4 Å². The lowest BCUT2D eigenvalue weighted by Gasteiger charge is -2.30. The Balaban J connectivity index is 1.75. The zero-order valence-electron chi connectivity index (χ0n) is 18.1. The van der Waals surface area contributed by atoms with Crippen LogP contribution in [0.4, 0.5) is 5.69 Å². The molecule has 0 bridgehead atoms. The van der Waals surface area contributed by atoms with Crippen LogP contribution in [0.1, 0.15) is 20.8 Å². The molecule has 0 saturated carbocycles. The van der Waals surface area contributed by atoms with Crippen molar-refractivity contribution in [1.29, 1.82) is 0 Å². The van der Waals surface area contributed by atoms with Crippen molar-refractivity contribution in [3.05, 3.63) is 73.3 Å². The molecule has 0 N–H and O–H groups in total. The van der Waals surface area contributed by atoms with Crippen molar-refractivity contribution in [2.24, 2.45) is 10.1 Å². The molecule has 1 heterocycles. The molecule has 1 unspecified atom stereocenters. The van der Waals surface area contributed by atoms with Crippen LogP contribution < -0.4 is 9.64 Å². The van der Waals surface area contributed by atoms with Crippen LogP contribution in [0.15, 0.2) is 83.4 Å². The summed E-state index contributed by atoms with van der Waals surface area (Å²) in [4.78, 5) is 19.4. The summed E-state index contributed by atoms with van der Waals surface area (Å²) >= 11 is 1.31. The van der Waals surface area contributed by atoms with Crippen LogP contribution >= 0.6 is 11.8 Å². The number of ether oxygens (including phenoxy) is 1. The van der Waals surface area contributed by atoms with Gasteiger partial charge in [-0.2, -0.15) is 4.99 Å². The Kier molecular flexibility index (Phi) is 7.89. The van der Waals surface area contributed by atoms with E-state index in [0.29, 0.717) is 23.4 Å². The average Bonchev–Trinajstić information content (AvgIpc) is 2.77. The Bertz CT molecular complexity index is 945. The minimum absolute atomic E-state index is 0.00326. The average molecular weight is 437 g/mol. The molecule has 0 aliphatic carbocycles. The lowest BCUT2D eigenvalue weighted by atomic mass is 10.2. The van der Waals surface area contributed by atoms with Gasteiger partial charge in [-0.25, -0.2) is 0 Å². The van der Waals surface area contributed by atoms with Gasteiger partial charge in [0.05, 0.1) is 12.3 Å². The number of thioether (sulfide) groups is 1. The second-order valence-electron chi connectivity index (χ2n) is 7.32. The van der Waals surface area contributed by atoms with Crippen molar-refractivity contribution in [3.8, 4) is 5.75 Å². The molecule has 7 heteroatoms. The molecule has 1 atom stereocenters. The molecular weight excluding hydrogens is 408 g/mol. The van der Waals surface area contributed by atoms with Gasteiger partial charge in [0.1, 0.15) is 11.8 Å². The van der Waals surface area contributed by atoms with Crippen LogP contribution in [0.3, 0.4) is 0 Å². The molecule has 0 saturated heterocycles. The highest BCUT2D eigenvalue weighted by Crippen LogP contribution is 2.22. The molecule has 0 aromatic heterocycles. The molecule has 0 fully saturated rings. The number of amidine groups is 1. The minimum atomic E-state index is -0.144. The van der Waals surface area contributed by atoms with E-state index < -0.39 is 0 Å². The van der Waals surface area contributed by atoms with Crippen LogP contribution in [0.2, 0.25) is 0 Å². The molecular formula is C24H28N4O2S. The summed E-state index contributed by atoms with van der Waals surface area (Å²) in [6.07, 6.45) is 1.79. The first-order chi connectivity index (χ1) is 15.0. The highest BCUT2D eigenvalue weighted by molar-refractivity contribution is 8.14. The molecule has 2 aromatic rings. The third-order valence-corrected chi connectivity index (χ3v) is 5.47. The maximum atomic E-state index is 13.0. The van der Waals surface area contributed by atoms with E-state index in [2.05, 4.69) is 16.7 Å². The van der Waals surface area contributed by atoms with Crippen molar-refractivity contribution in [3.63, 3.8) is 0 Å². The van der Waals surface area contributed by atoms with Gasteiger partial charge in [0.15, 0.2) is 0 Å². The summed E-state index contributed by atoms with van der Waals surface area (Å²) in [5.74, 6) is 1.49. The van der Waals surface area contributed by atoms with Crippen LogP contribution in [0.25, 0.3) is 0 Å². The predicted molar refractivity (Wildman–Crippen MR) is 130 cm³/mol. The first kappa shape index (κ1) is 22.6. The Labute approximate surface area is 188 Å². The number of rotatable bonds is 7. The fraction of sp³-hybridized carbons (Fsp3) is 0.292. The van der Waals surface area contributed by atoms with Crippen molar-refractivity contribution in [2.45, 2.75) is 32.9 Å². The molecule has 0 spiro atoms. The zero-order chi connectivity index (χ0) is 22.2. The van der Waals surface area contributed by atoms with Gasteiger partial charge >= 0.3 is 0 Å². The van der Waals surface area contributed by atoms with E-state index in [1.807, 2.05) is 86.4 Å². The van der Waals surface area contributed by atoms with Crippen LogP contribution in [0, 0.1) is 0 Å². The van der Waals surface area contributed by atoms with Gasteiger partial charge in [0, 0.05) is 11.7 Å². The first-order valence-corrected chi connectivity index (χ1v) is 11.3. The summed E-state index contributed by atoms with van der Waals surface area (Å²) < 4.78 is 6.02. The predicted octanol–water partition coefficient (Wildman–Crippen LogP) is 4.80. The van der Waals surface area contributed by atoms with Gasteiger partial charge in [-0.1, -0.05) is 54.2 Å². The first-order valence-electron chi connectivity index (χ1n) is 10.3. The molecule has 1 amide bonds. The third kappa shape index (κ3) is 5.98. The number of hydrazone groups is 1. The number of amides is 1. The molecule has 2 aromatic carbocycles. The minimum Gasteiger partial charge on any atom is -0.441 e. The van der Waals surface area contributed by atoms with Gasteiger partial charge in [0.2, 0.25) is 17.0 Å². The van der Waals surface area contributed by atoms with Crippen molar-refractivity contribution in [1.82, 2.24) is 5.01 Å². The fourth-order valence-corrected chi connectivity index (χ4v) is 3.87. The number of anilines is 1. The number of aliphatic imine (C=N–C) groups is 1. The monoisotopic (exact) mass is 436 g/mol. The SMILES string of the molecule is C=CCN1N=C(SCC(=O)N(c2ccccc2)C(C)C)N=C(Oc2ccccc2)C1C. The maximum absolute atomic E-state index is 13.0. The Morgan fingerprint density at radius 2 is 1.84 bits per heavy atom. The topological polar surface area (TPSA) is 57.5 Å². The van der Waals surface area contributed by atoms with E-state index >= 15 is 0 Å². The molecule has 162 valence electrons. The van der Waals surface area contributed by atoms with Gasteiger partial charge in [-0.3, -0.25) is 9.80 Å². The number of nitrogens with zero attached hydrogens (tertiary/aromatic N) is 4. The summed E-state index contributed by atoms with van der Waals surface area (Å²) in [6, 6.07) is 19.1. The second kappa shape index (κ2) is 10.8. The van der Waals surface area contributed by atoms with E-state index in [1.54, 1.807) is 11.0 Å². The van der Waals surface area contributed by atoms with Gasteiger partial charge < -0.3 is 9.64 Å². The summed E-state index contributed by atoms with van der Waals surface area (Å²) in [5, 5.41) is 6.96. The highest BCUT2D eigenvalue weighted by Gasteiger charge is 2.27. The Morgan fingerprint density at radius 3 is 2.45 bits per heavy atom. The molecule has 1 aliphatic heterocycles. The number of para-hydroxylation sites is 2. The summed E-state index contributed by atoms with van der Waals surface area (Å²) in [7, 11) is 0. The zero-order valence-corrected chi connectivity index (χ0v) is 19.0. The second-order valence-corrected chi connectivity index (χ2v) is 8.26. The van der Waals surface area contributed by atoms with Gasteiger partial charge in [-0.05, 0) is 45.0 Å². The number of carbonyl (C=O) groups excluding carboxylic acids is 1. The fourth-order valence-electron chi connectivity index (χ4n) is 3.16. The Morgan fingerprint density at radius 1 is 1.19 bits per heavy atom. The van der Waals surface area contributed by atoms with E-state index in [4.69, 9.17) is 4.74 Å². The van der Waals surface area contributed by atoms with E-state index in [9.17, 15) is 4.79 Å². The third-order valence-electron chi connectivity index (χ3n) is 4.65. The lowest BCUT2D eigenvalue weighted by molar-refractivity contribution is -0.116. The number of hydrogen-bond acceptors (Lipinski definition) is 6. The Hall–Kier alpha value is -3.06. The lowest BCUT2D eigenvalue weighted by Crippen LogP contribution is -2.42. The molecule has 1 aliphatic rings. The number of carbonyl (C=O) groups is 1. The van der Waals surface area contributed by atoms with Crippen molar-refractivity contribution in [2.75, 3.05) is 17.2 Å². The molecule has 0 radical (unpaired) electrons. The molecule has 31 heavy (non-hydrogen) atoms. The van der Waals surface area contributed by atoms with Crippen molar-refractivity contribution >= 4 is 34.4 Å². The number of hydrogen-bond donors (Lipinski definition) is 0. The highest BCUT2D eigenvalue weighted by atomic mass is 32.2. The number of benzene rings is 2. The van der Waals surface area contributed by atoms with Crippen molar-refractivity contribution < 1.29 is 9.53 Å². The van der Waals surface area contributed by atoms with E-state index in [0.717, 1.165) is 5.69 Å². The summed E-state index contributed by atoms with van der Waals surface area (Å²) in [6.45, 7) is 10.4. The maximum Gasteiger partial charge on any atom is 0.237 e.